The van der Waals surface area contributed by atoms with Crippen molar-refractivity contribution in [2.45, 2.75) is 96.2 Å². The van der Waals surface area contributed by atoms with Gasteiger partial charge in [0, 0.05) is 48.0 Å². The van der Waals surface area contributed by atoms with Gasteiger partial charge in [-0.1, -0.05) is 6.07 Å². The summed E-state index contributed by atoms with van der Waals surface area (Å²) in [6, 6.07) is 1.11. The molecule has 4 heterocycles. The molecule has 16 nitrogen and oxygen atoms in total. The van der Waals surface area contributed by atoms with Crippen molar-refractivity contribution in [2.75, 3.05) is 41.4 Å². The van der Waals surface area contributed by atoms with E-state index in [4.69, 9.17) is 33.2 Å². The van der Waals surface area contributed by atoms with Gasteiger partial charge in [-0.15, -0.1) is 0 Å². The van der Waals surface area contributed by atoms with Crippen LogP contribution in [0.2, 0.25) is 0 Å². The first-order valence-corrected chi connectivity index (χ1v) is 17.5. The van der Waals surface area contributed by atoms with Gasteiger partial charge in [-0.2, -0.15) is 5.26 Å². The molecule has 4 aliphatic heterocycles. The molecule has 6 rings (SSSR count). The smallest absolute Gasteiger partial charge is 0.493 e. The van der Waals surface area contributed by atoms with Gasteiger partial charge in [-0.05, 0) is 72.6 Å². The van der Waals surface area contributed by atoms with Crippen molar-refractivity contribution < 1.29 is 52.6 Å². The molecular formula is C37H47N5O11. The fraction of sp³-hybridized carbons (Fsp3) is 0.568. The van der Waals surface area contributed by atoms with Crippen molar-refractivity contribution in [3.05, 3.63) is 39.4 Å². The minimum Gasteiger partial charge on any atom is -0.493 e. The Morgan fingerprint density at radius 2 is 1.79 bits per heavy atom. The highest BCUT2D eigenvalue weighted by Gasteiger charge is 2.57. The first kappa shape index (κ1) is 37.8. The summed E-state index contributed by atoms with van der Waals surface area (Å²) in [5, 5.41) is 26.4. The van der Waals surface area contributed by atoms with Gasteiger partial charge in [0.2, 0.25) is 12.7 Å². The lowest BCUT2D eigenvalue weighted by Crippen LogP contribution is -2.69. The van der Waals surface area contributed by atoms with Crippen LogP contribution in [-0.4, -0.2) is 104 Å². The number of carboxylic acid groups (broad SMARTS) is 1. The fourth-order valence-electron chi connectivity index (χ4n) is 8.39. The summed E-state index contributed by atoms with van der Waals surface area (Å²) < 4.78 is 40.2. The second kappa shape index (κ2) is 14.4. The predicted molar refractivity (Wildman–Crippen MR) is 188 cm³/mol. The molecular weight excluding hydrogens is 690 g/mol. The monoisotopic (exact) mass is 737 g/mol. The highest BCUT2D eigenvalue weighted by atomic mass is 16.7. The maximum atomic E-state index is 13.6. The zero-order valence-electron chi connectivity index (χ0n) is 31.4. The fourth-order valence-corrected chi connectivity index (χ4v) is 8.39. The van der Waals surface area contributed by atoms with Gasteiger partial charge in [-0.3, -0.25) is 14.6 Å². The first-order valence-electron chi connectivity index (χ1n) is 17.5. The van der Waals surface area contributed by atoms with E-state index in [1.807, 2.05) is 14.0 Å². The van der Waals surface area contributed by atoms with Crippen LogP contribution in [0.15, 0.2) is 6.07 Å². The topological polar surface area (TPSA) is 190 Å². The van der Waals surface area contributed by atoms with E-state index < -0.39 is 54.0 Å². The van der Waals surface area contributed by atoms with E-state index in [0.29, 0.717) is 46.1 Å². The molecule has 1 saturated heterocycles. The Kier molecular flexibility index (Phi) is 10.3. The third-order valence-electron chi connectivity index (χ3n) is 10.4. The first-order chi connectivity index (χ1) is 25.1. The molecule has 0 aliphatic carbocycles. The second-order valence-electron chi connectivity index (χ2n) is 14.8. The van der Waals surface area contributed by atoms with Crippen molar-refractivity contribution in [1.29, 1.82) is 5.26 Å². The number of carbonyl (C=O) groups excluding carboxylic acids is 2. The third kappa shape index (κ3) is 6.73. The second-order valence-corrected chi connectivity index (χ2v) is 14.8. The van der Waals surface area contributed by atoms with Crippen LogP contribution in [0.5, 0.6) is 28.7 Å². The van der Waals surface area contributed by atoms with Crippen molar-refractivity contribution >= 4 is 18.2 Å². The Labute approximate surface area is 308 Å². The van der Waals surface area contributed by atoms with Crippen LogP contribution in [0.4, 0.5) is 9.59 Å². The van der Waals surface area contributed by atoms with E-state index in [0.717, 1.165) is 16.7 Å². The lowest BCUT2D eigenvalue weighted by Gasteiger charge is -2.60. The molecule has 0 spiro atoms. The lowest BCUT2D eigenvalue weighted by molar-refractivity contribution is -0.123. The van der Waals surface area contributed by atoms with Crippen LogP contribution in [0, 0.1) is 25.2 Å². The normalized spacial score (nSPS) is 23.4. The quantitative estimate of drug-likeness (QED) is 0.191. The Morgan fingerprint density at radius 1 is 1.08 bits per heavy atom. The average molecular weight is 738 g/mol. The summed E-state index contributed by atoms with van der Waals surface area (Å²) in [4.78, 5) is 42.6. The maximum Gasteiger partial charge on any atom is 0.511 e. The van der Waals surface area contributed by atoms with E-state index in [-0.39, 0.29) is 38.3 Å². The van der Waals surface area contributed by atoms with Crippen LogP contribution >= 0.6 is 0 Å². The molecule has 0 radical (unpaired) electrons. The molecule has 6 atom stereocenters. The number of likely N-dealkylation sites (N-methyl/N-ethyl adjacent to an activating group) is 1. The highest BCUT2D eigenvalue weighted by molar-refractivity contribution is 5.85. The molecule has 2 amide bonds. The number of hydrogen-bond acceptors (Lipinski definition) is 13. The molecule has 2 unspecified atom stereocenters. The molecule has 286 valence electrons. The van der Waals surface area contributed by atoms with Crippen molar-refractivity contribution in [2.24, 2.45) is 0 Å². The van der Waals surface area contributed by atoms with Crippen molar-refractivity contribution in [3.8, 4) is 34.8 Å². The number of fused-ring (bicyclic) bond motifs is 9. The van der Waals surface area contributed by atoms with Gasteiger partial charge in [-0.25, -0.2) is 9.59 Å². The average Bonchev–Trinajstić information content (AvgIpc) is 3.57. The van der Waals surface area contributed by atoms with Crippen LogP contribution in [0.1, 0.15) is 73.2 Å². The summed E-state index contributed by atoms with van der Waals surface area (Å²) in [5.74, 6) is 1.43. The standard InChI is InChI=1S/C37H47N5O11/c1-17-10-20-11-22-24(13-38)42-23(28(41(22)7)26(20)32(29(17)48-9)49-15-47-8)12-21-27(33-31(50-16-51-33)18(2)30(21)52-36(45)46)25(42)14-39-34(43)19(3)40-35(44)53-37(4,5)6/h10,19,22-25,28H,11-12,14-16H2,1-9H3,(H,39,43)(H,40,44)(H,45,46)/t19-,22+,23?,24+,25+,28?/m1/s1. The molecule has 16 heteroatoms. The van der Waals surface area contributed by atoms with E-state index in [9.17, 15) is 24.8 Å². The summed E-state index contributed by atoms with van der Waals surface area (Å²) in [6.45, 7) is 10.2. The van der Waals surface area contributed by atoms with Crippen molar-refractivity contribution in [3.63, 3.8) is 0 Å². The van der Waals surface area contributed by atoms with E-state index in [1.54, 1.807) is 41.7 Å². The van der Waals surface area contributed by atoms with Crippen LogP contribution < -0.4 is 34.3 Å². The number of rotatable bonds is 9. The maximum absolute atomic E-state index is 13.6. The number of ether oxygens (including phenoxy) is 7. The summed E-state index contributed by atoms with van der Waals surface area (Å²) in [6.07, 6.45) is -1.49. The van der Waals surface area contributed by atoms with Crippen LogP contribution in [0.25, 0.3) is 0 Å². The van der Waals surface area contributed by atoms with Gasteiger partial charge in [0.25, 0.3) is 0 Å². The van der Waals surface area contributed by atoms with Crippen LogP contribution in [-0.2, 0) is 27.1 Å². The minimum atomic E-state index is -1.50. The molecule has 4 aliphatic rings. The highest BCUT2D eigenvalue weighted by Crippen LogP contribution is 2.58. The third-order valence-corrected chi connectivity index (χ3v) is 10.4. The number of nitrogens with zero attached hydrogens (tertiary/aromatic N) is 3. The van der Waals surface area contributed by atoms with Gasteiger partial charge in [0.05, 0.1) is 25.3 Å². The van der Waals surface area contributed by atoms with E-state index >= 15 is 0 Å². The number of aryl methyl sites for hydroxylation is 1. The number of nitriles is 1. The Hall–Kier alpha value is -4.98. The minimum absolute atomic E-state index is 0.0341. The molecule has 3 N–H and O–H groups in total. The number of methoxy groups -OCH3 is 2. The zero-order chi connectivity index (χ0) is 38.5. The molecule has 53 heavy (non-hydrogen) atoms. The predicted octanol–water partition coefficient (Wildman–Crippen LogP) is 3.88. The Bertz CT molecular complexity index is 1850. The Morgan fingerprint density at radius 3 is 2.43 bits per heavy atom. The molecule has 2 aromatic carbocycles. The molecule has 0 aromatic heterocycles. The van der Waals surface area contributed by atoms with Gasteiger partial charge in [0.15, 0.2) is 29.8 Å². The zero-order valence-corrected chi connectivity index (χ0v) is 31.4. The number of benzene rings is 2. The molecule has 2 aromatic rings. The number of amides is 2. The SMILES string of the molecule is COCOc1c(OC)c(C)cc2c1C1C3Cc4c(OC(=O)O)c(C)c5c(c4[C@H](CNC(=O)[C@@H](C)NC(=O)OC(C)(C)C)N3[C@@H](C#N)[C@H](C2)N1C)OCO5. The number of piperazine rings is 1. The van der Waals surface area contributed by atoms with Crippen LogP contribution in [0.3, 0.4) is 0 Å². The number of hydrogen-bond donors (Lipinski definition) is 3. The lowest BCUT2D eigenvalue weighted by atomic mass is 9.71. The Balaban J connectivity index is 1.51. The van der Waals surface area contributed by atoms with E-state index in [2.05, 4.69) is 32.6 Å². The summed E-state index contributed by atoms with van der Waals surface area (Å²) in [5.41, 5.74) is 3.55. The van der Waals surface area contributed by atoms with Gasteiger partial charge in [0.1, 0.15) is 23.4 Å². The number of carbonyl (C=O) groups is 3. The number of alkyl carbamates (subject to hydrolysis) is 1. The molecule has 1 fully saturated rings. The van der Waals surface area contributed by atoms with Gasteiger partial charge < -0.3 is 48.9 Å². The number of nitrogens with one attached hydrogen (secondary N) is 2. The molecule has 0 saturated carbocycles. The van der Waals surface area contributed by atoms with Crippen molar-refractivity contribution in [1.82, 2.24) is 20.4 Å². The van der Waals surface area contributed by atoms with E-state index in [1.165, 1.54) is 7.11 Å². The van der Waals surface area contributed by atoms with Gasteiger partial charge >= 0.3 is 12.2 Å². The largest absolute Gasteiger partial charge is 0.511 e. The molecule has 2 bridgehead atoms. The summed E-state index contributed by atoms with van der Waals surface area (Å²) >= 11 is 0. The summed E-state index contributed by atoms with van der Waals surface area (Å²) in [7, 11) is 5.09.